The zero-order chi connectivity index (χ0) is 19.0. The Labute approximate surface area is 170 Å². The Balaban J connectivity index is 2.03. The van der Waals surface area contributed by atoms with Crippen molar-refractivity contribution in [2.75, 3.05) is 6.26 Å². The van der Waals surface area contributed by atoms with Crippen LogP contribution >= 0.6 is 39.5 Å². The molecule has 0 bridgehead atoms. The lowest BCUT2D eigenvalue weighted by molar-refractivity contribution is 1.18. The summed E-state index contributed by atoms with van der Waals surface area (Å²) >= 11 is 1.81. The molecule has 0 N–H and O–H groups in total. The molecule has 2 heterocycles. The molecule has 0 saturated heterocycles. The van der Waals surface area contributed by atoms with Crippen molar-refractivity contribution < 1.29 is 0 Å². The molecule has 7 heteroatoms. The van der Waals surface area contributed by atoms with E-state index in [4.69, 9.17) is 9.97 Å². The Hall–Kier alpha value is -1.30. The molecule has 0 radical (unpaired) electrons. The fourth-order valence-electron chi connectivity index (χ4n) is 3.10. The highest BCUT2D eigenvalue weighted by Gasteiger charge is 2.20. The summed E-state index contributed by atoms with van der Waals surface area (Å²) in [5.41, 5.74) is 6.15. The lowest BCUT2D eigenvalue weighted by Gasteiger charge is -2.11. The zero-order valence-electron chi connectivity index (χ0n) is 14.8. The lowest BCUT2D eigenvalue weighted by atomic mass is 10.0. The summed E-state index contributed by atoms with van der Waals surface area (Å²) in [4.78, 5) is 9.62. The predicted octanol–water partition coefficient (Wildman–Crippen LogP) is 3.14. The minimum Gasteiger partial charge on any atom is -0.276 e. The third-order valence-corrected chi connectivity index (χ3v) is 7.63. The van der Waals surface area contributed by atoms with Crippen LogP contribution in [0.1, 0.15) is 5.69 Å². The van der Waals surface area contributed by atoms with Crippen molar-refractivity contribution in [2.45, 2.75) is 5.25 Å². The fraction of sp³-hybridized carbons (Fsp3) is 0.100. The monoisotopic (exact) mass is 427 g/mol. The van der Waals surface area contributed by atoms with Crippen LogP contribution in [0.4, 0.5) is 0 Å². The number of nitrogens with zero attached hydrogens (tertiary/aromatic N) is 3. The first-order valence-corrected chi connectivity index (χ1v) is 11.5. The van der Waals surface area contributed by atoms with Crippen LogP contribution in [-0.4, -0.2) is 25.9 Å². The van der Waals surface area contributed by atoms with Crippen molar-refractivity contribution >= 4 is 67.0 Å². The van der Waals surface area contributed by atoms with Crippen molar-refractivity contribution in [1.29, 1.82) is 0 Å². The maximum absolute atomic E-state index is 4.92. The van der Waals surface area contributed by atoms with Gasteiger partial charge in [0.25, 0.3) is 0 Å². The number of hydrogen-bond acceptors (Lipinski definition) is 3. The van der Waals surface area contributed by atoms with Crippen molar-refractivity contribution in [1.82, 2.24) is 14.4 Å². The first-order valence-electron chi connectivity index (χ1n) is 8.48. The zero-order valence-corrected chi connectivity index (χ0v) is 19.1. The second-order valence-corrected chi connectivity index (χ2v) is 8.86. The number of hydrogen-bond donors (Lipinski definition) is 0. The Bertz CT molecular complexity index is 1100. The Kier molecular flexibility index (Phi) is 5.62. The predicted molar refractivity (Wildman–Crippen MR) is 130 cm³/mol. The molecule has 27 heavy (non-hydrogen) atoms. The topological polar surface area (TPSA) is 30.2 Å². The molecule has 3 aromatic rings. The van der Waals surface area contributed by atoms with Gasteiger partial charge in [-0.3, -0.25) is 4.40 Å². The standard InChI is InChI=1S/C20H20N3P3S/c1-27-14-9-5-8-12(10-11-14)15-16(13-6-3-2-4-7-13)23-19(26)17(24)18(25)22-20(23)21-15/h2-11,14H,24-26H2,1H3. The van der Waals surface area contributed by atoms with Gasteiger partial charge >= 0.3 is 0 Å². The Morgan fingerprint density at radius 3 is 2.56 bits per heavy atom. The maximum atomic E-state index is 4.92. The minimum absolute atomic E-state index is 0.378. The van der Waals surface area contributed by atoms with Crippen LogP contribution in [0.15, 0.2) is 60.7 Å². The summed E-state index contributed by atoms with van der Waals surface area (Å²) < 4.78 is 2.13. The van der Waals surface area contributed by atoms with Crippen molar-refractivity contribution in [3.63, 3.8) is 0 Å². The number of aromatic nitrogens is 3. The Morgan fingerprint density at radius 1 is 1.04 bits per heavy atom. The molecule has 4 rings (SSSR count). The second-order valence-electron chi connectivity index (χ2n) is 6.17. The van der Waals surface area contributed by atoms with E-state index >= 15 is 0 Å². The maximum Gasteiger partial charge on any atom is 0.235 e. The van der Waals surface area contributed by atoms with Crippen LogP contribution in [0.3, 0.4) is 0 Å². The van der Waals surface area contributed by atoms with Crippen LogP contribution in [0.5, 0.6) is 0 Å². The fourth-order valence-corrected chi connectivity index (χ4v) is 4.60. The number of thioether (sulfide) groups is 1. The molecule has 0 spiro atoms. The molecule has 136 valence electrons. The van der Waals surface area contributed by atoms with Gasteiger partial charge in [0.05, 0.1) is 22.3 Å². The molecule has 1 aromatic carbocycles. The third kappa shape index (κ3) is 3.57. The van der Waals surface area contributed by atoms with E-state index in [0.29, 0.717) is 11.0 Å². The van der Waals surface area contributed by atoms with Crippen molar-refractivity contribution in [3.05, 3.63) is 66.4 Å². The molecular formula is C20H20N3P3S. The molecule has 4 atom stereocenters. The molecule has 1 aliphatic rings. The van der Waals surface area contributed by atoms with Gasteiger partial charge in [0.15, 0.2) is 0 Å². The Morgan fingerprint density at radius 2 is 1.81 bits per heavy atom. The average molecular weight is 427 g/mol. The van der Waals surface area contributed by atoms with Crippen LogP contribution in [0.25, 0.3) is 22.6 Å². The van der Waals surface area contributed by atoms with E-state index in [-0.39, 0.29) is 0 Å². The van der Waals surface area contributed by atoms with Crippen LogP contribution < -0.4 is 16.2 Å². The summed E-state index contributed by atoms with van der Waals surface area (Å²) in [6, 6.07) is 10.4. The van der Waals surface area contributed by atoms with Crippen molar-refractivity contribution in [3.8, 4) is 11.3 Å². The first kappa shape index (κ1) is 19.0. The summed E-state index contributed by atoms with van der Waals surface area (Å²) in [5, 5.41) is 1.43. The van der Waals surface area contributed by atoms with Gasteiger partial charge < -0.3 is 0 Å². The van der Waals surface area contributed by atoms with Crippen LogP contribution in [0, 0.1) is 0 Å². The van der Waals surface area contributed by atoms with E-state index in [9.17, 15) is 0 Å². The highest BCUT2D eigenvalue weighted by Crippen LogP contribution is 2.31. The van der Waals surface area contributed by atoms with Gasteiger partial charge in [-0.2, -0.15) is 11.8 Å². The van der Waals surface area contributed by atoms with E-state index in [1.807, 2.05) is 17.8 Å². The number of benzene rings is 1. The quantitative estimate of drug-likeness (QED) is 0.602. The number of allylic oxidation sites excluding steroid dienone is 4. The van der Waals surface area contributed by atoms with Gasteiger partial charge in [-0.15, -0.1) is 9.24 Å². The van der Waals surface area contributed by atoms with E-state index in [2.05, 4.69) is 93.0 Å². The second kappa shape index (κ2) is 7.98. The minimum atomic E-state index is 0.378. The molecule has 0 saturated carbocycles. The summed E-state index contributed by atoms with van der Waals surface area (Å²) in [6.07, 6.45) is 13.0. The molecule has 0 fully saturated rings. The van der Waals surface area contributed by atoms with Gasteiger partial charge in [-0.25, -0.2) is 9.97 Å². The SMILES string of the molecule is CSC1C=CC=C(c2nc3nc(P)c(P)c(P)n3c2-c2ccccc2)C=C1. The molecular weight excluding hydrogens is 407 g/mol. The van der Waals surface area contributed by atoms with E-state index in [1.165, 1.54) is 0 Å². The third-order valence-electron chi connectivity index (χ3n) is 4.51. The van der Waals surface area contributed by atoms with E-state index < -0.39 is 0 Å². The van der Waals surface area contributed by atoms with Gasteiger partial charge in [0.2, 0.25) is 5.78 Å². The summed E-state index contributed by atoms with van der Waals surface area (Å²) in [7, 11) is 8.31. The van der Waals surface area contributed by atoms with Crippen molar-refractivity contribution in [2.24, 2.45) is 0 Å². The lowest BCUT2D eigenvalue weighted by Crippen LogP contribution is -2.32. The summed E-state index contributed by atoms with van der Waals surface area (Å²) in [6.45, 7) is 0. The average Bonchev–Trinajstić information content (AvgIpc) is 2.90. The first-order chi connectivity index (χ1) is 13.1. The molecule has 3 nitrogen and oxygen atoms in total. The van der Waals surface area contributed by atoms with E-state index in [1.54, 1.807) is 0 Å². The van der Waals surface area contributed by atoms with Gasteiger partial charge in [-0.05, 0) is 6.26 Å². The molecule has 2 aromatic heterocycles. The van der Waals surface area contributed by atoms with Crippen LogP contribution in [0.2, 0.25) is 0 Å². The summed E-state index contributed by atoms with van der Waals surface area (Å²) in [5.74, 6) is 0.703. The van der Waals surface area contributed by atoms with Crippen LogP contribution in [-0.2, 0) is 0 Å². The van der Waals surface area contributed by atoms with E-state index in [0.717, 1.165) is 38.7 Å². The molecule has 0 amide bonds. The normalized spacial score (nSPS) is 16.6. The molecule has 1 aliphatic carbocycles. The highest BCUT2D eigenvalue weighted by atomic mass is 32.2. The highest BCUT2D eigenvalue weighted by molar-refractivity contribution is 7.99. The molecule has 4 unspecified atom stereocenters. The molecule has 0 aliphatic heterocycles. The number of fused-ring (bicyclic) bond motifs is 1. The number of imidazole rings is 1. The van der Waals surface area contributed by atoms with Gasteiger partial charge in [0, 0.05) is 21.7 Å². The largest absolute Gasteiger partial charge is 0.276 e. The van der Waals surface area contributed by atoms with Gasteiger partial charge in [0.1, 0.15) is 0 Å². The van der Waals surface area contributed by atoms with Gasteiger partial charge in [-0.1, -0.05) is 79.2 Å². The number of rotatable bonds is 3. The smallest absolute Gasteiger partial charge is 0.235 e.